The summed E-state index contributed by atoms with van der Waals surface area (Å²) in [5.74, 6) is -0.663. The highest BCUT2D eigenvalue weighted by Gasteiger charge is 2.13. The molecule has 0 rings (SSSR count). The van der Waals surface area contributed by atoms with E-state index in [4.69, 9.17) is 5.73 Å². The van der Waals surface area contributed by atoms with Gasteiger partial charge in [-0.3, -0.25) is 4.79 Å². The molecule has 1 unspecified atom stereocenters. The van der Waals surface area contributed by atoms with Crippen LogP contribution in [0.3, 0.4) is 0 Å². The zero-order valence-corrected chi connectivity index (χ0v) is 9.12. The lowest BCUT2D eigenvalue weighted by atomic mass is 10.1. The van der Waals surface area contributed by atoms with Crippen LogP contribution in [0, 0.1) is 0 Å². The van der Waals surface area contributed by atoms with E-state index in [1.807, 2.05) is 0 Å². The van der Waals surface area contributed by atoms with Crippen LogP contribution in [0.1, 0.15) is 39.5 Å². The van der Waals surface area contributed by atoms with Crippen LogP contribution >= 0.6 is 0 Å². The molecule has 4 N–H and O–H groups in total. The fourth-order valence-electron chi connectivity index (χ4n) is 1.42. The van der Waals surface area contributed by atoms with Gasteiger partial charge in [-0.1, -0.05) is 26.7 Å². The van der Waals surface area contributed by atoms with Crippen molar-refractivity contribution in [1.82, 2.24) is 5.32 Å². The number of aliphatic hydroxyl groups is 1. The zero-order chi connectivity index (χ0) is 11.0. The minimum atomic E-state index is -1.06. The standard InChI is InChI=1S/C10H22N2O2/c1-3-5-8(6-4-2)12-7-9(13)10(11)14/h8-9,12-13H,3-7H2,1-2H3,(H2,11,14). The molecule has 0 saturated carbocycles. The van der Waals surface area contributed by atoms with E-state index in [1.54, 1.807) is 0 Å². The predicted octanol–water partition coefficient (Wildman–Crippen LogP) is 0.391. The number of nitrogens with one attached hydrogen (secondary N) is 1. The van der Waals surface area contributed by atoms with Gasteiger partial charge < -0.3 is 16.2 Å². The molecule has 0 heterocycles. The number of amides is 1. The minimum absolute atomic E-state index is 0.264. The summed E-state index contributed by atoms with van der Waals surface area (Å²) >= 11 is 0. The van der Waals surface area contributed by atoms with Gasteiger partial charge in [0.15, 0.2) is 0 Å². The van der Waals surface area contributed by atoms with Gasteiger partial charge in [-0.2, -0.15) is 0 Å². The van der Waals surface area contributed by atoms with E-state index in [9.17, 15) is 9.90 Å². The fourth-order valence-corrected chi connectivity index (χ4v) is 1.42. The Morgan fingerprint density at radius 2 is 1.86 bits per heavy atom. The first kappa shape index (κ1) is 13.4. The Labute approximate surface area is 85.9 Å². The Balaban J connectivity index is 3.74. The van der Waals surface area contributed by atoms with Crippen molar-refractivity contribution in [3.63, 3.8) is 0 Å². The van der Waals surface area contributed by atoms with Crippen molar-refractivity contribution in [2.45, 2.75) is 51.7 Å². The van der Waals surface area contributed by atoms with Crippen molar-refractivity contribution in [3.8, 4) is 0 Å². The van der Waals surface area contributed by atoms with Crippen molar-refractivity contribution in [1.29, 1.82) is 0 Å². The molecule has 0 fully saturated rings. The normalized spacial score (nSPS) is 13.1. The van der Waals surface area contributed by atoms with E-state index in [2.05, 4.69) is 19.2 Å². The summed E-state index contributed by atoms with van der Waals surface area (Å²) in [6.07, 6.45) is 3.28. The highest BCUT2D eigenvalue weighted by atomic mass is 16.3. The number of aliphatic hydroxyl groups excluding tert-OH is 1. The van der Waals surface area contributed by atoms with Crippen LogP contribution in [0.2, 0.25) is 0 Å². The molecule has 0 aromatic heterocycles. The number of rotatable bonds is 8. The molecule has 0 aliphatic heterocycles. The Morgan fingerprint density at radius 3 is 2.21 bits per heavy atom. The largest absolute Gasteiger partial charge is 0.382 e. The monoisotopic (exact) mass is 202 g/mol. The van der Waals surface area contributed by atoms with Crippen molar-refractivity contribution in [2.24, 2.45) is 5.73 Å². The molecular weight excluding hydrogens is 180 g/mol. The summed E-state index contributed by atoms with van der Waals surface area (Å²) in [5.41, 5.74) is 4.94. The maximum atomic E-state index is 10.6. The van der Waals surface area contributed by atoms with E-state index in [0.29, 0.717) is 6.04 Å². The third kappa shape index (κ3) is 5.94. The molecule has 0 aromatic carbocycles. The Bertz CT molecular complexity index is 156. The summed E-state index contributed by atoms with van der Waals surface area (Å²) in [6.45, 7) is 4.50. The van der Waals surface area contributed by atoms with Gasteiger partial charge in [-0.15, -0.1) is 0 Å². The molecule has 0 aliphatic carbocycles. The van der Waals surface area contributed by atoms with E-state index in [-0.39, 0.29) is 6.54 Å². The highest BCUT2D eigenvalue weighted by Crippen LogP contribution is 2.04. The molecule has 84 valence electrons. The molecule has 1 atom stereocenters. The number of carbonyl (C=O) groups excluding carboxylic acids is 1. The van der Waals surface area contributed by atoms with Gasteiger partial charge in [0.1, 0.15) is 6.10 Å². The predicted molar refractivity (Wildman–Crippen MR) is 56.8 cm³/mol. The second-order valence-corrected chi connectivity index (χ2v) is 3.60. The van der Waals surface area contributed by atoms with Gasteiger partial charge >= 0.3 is 0 Å². The van der Waals surface area contributed by atoms with E-state index >= 15 is 0 Å². The lowest BCUT2D eigenvalue weighted by Gasteiger charge is -2.18. The molecule has 0 bridgehead atoms. The molecule has 14 heavy (non-hydrogen) atoms. The molecule has 0 aliphatic rings. The first-order chi connectivity index (χ1) is 6.61. The third-order valence-electron chi connectivity index (χ3n) is 2.20. The summed E-state index contributed by atoms with van der Waals surface area (Å²) in [6, 6.07) is 0.388. The van der Waals surface area contributed by atoms with Crippen LogP contribution in [0.5, 0.6) is 0 Å². The van der Waals surface area contributed by atoms with E-state index < -0.39 is 12.0 Å². The number of primary amides is 1. The van der Waals surface area contributed by atoms with Crippen LogP contribution in [-0.4, -0.2) is 29.7 Å². The first-order valence-corrected chi connectivity index (χ1v) is 5.32. The third-order valence-corrected chi connectivity index (χ3v) is 2.20. The Hall–Kier alpha value is -0.610. The topological polar surface area (TPSA) is 75.3 Å². The average molecular weight is 202 g/mol. The second-order valence-electron chi connectivity index (χ2n) is 3.60. The first-order valence-electron chi connectivity index (χ1n) is 5.32. The number of hydrogen-bond acceptors (Lipinski definition) is 3. The van der Waals surface area contributed by atoms with Crippen LogP contribution in [-0.2, 0) is 4.79 Å². The Kier molecular flexibility index (Phi) is 7.42. The van der Waals surface area contributed by atoms with Gasteiger partial charge in [0.05, 0.1) is 0 Å². The van der Waals surface area contributed by atoms with Crippen LogP contribution < -0.4 is 11.1 Å². The highest BCUT2D eigenvalue weighted by molar-refractivity contribution is 5.78. The number of nitrogens with two attached hydrogens (primary N) is 1. The molecule has 4 nitrogen and oxygen atoms in total. The molecule has 0 spiro atoms. The van der Waals surface area contributed by atoms with Gasteiger partial charge in [-0.05, 0) is 12.8 Å². The maximum absolute atomic E-state index is 10.6. The summed E-state index contributed by atoms with van der Waals surface area (Å²) in [4.78, 5) is 10.6. The fraction of sp³-hybridized carbons (Fsp3) is 0.900. The van der Waals surface area contributed by atoms with Crippen LogP contribution in [0.25, 0.3) is 0 Å². The lowest BCUT2D eigenvalue weighted by Crippen LogP contribution is -2.41. The van der Waals surface area contributed by atoms with Gasteiger partial charge in [0.25, 0.3) is 0 Å². The molecule has 0 saturated heterocycles. The Morgan fingerprint density at radius 1 is 1.36 bits per heavy atom. The van der Waals surface area contributed by atoms with Gasteiger partial charge in [0, 0.05) is 12.6 Å². The SMILES string of the molecule is CCCC(CCC)NCC(O)C(N)=O. The molecule has 4 heteroatoms. The van der Waals surface area contributed by atoms with E-state index in [0.717, 1.165) is 25.7 Å². The smallest absolute Gasteiger partial charge is 0.247 e. The molecular formula is C10H22N2O2. The van der Waals surface area contributed by atoms with Crippen molar-refractivity contribution >= 4 is 5.91 Å². The quantitative estimate of drug-likeness (QED) is 0.533. The van der Waals surface area contributed by atoms with Crippen molar-refractivity contribution < 1.29 is 9.90 Å². The van der Waals surface area contributed by atoms with E-state index in [1.165, 1.54) is 0 Å². The molecule has 0 aromatic rings. The minimum Gasteiger partial charge on any atom is -0.382 e. The second kappa shape index (κ2) is 7.76. The van der Waals surface area contributed by atoms with Gasteiger partial charge in [0.2, 0.25) is 5.91 Å². The maximum Gasteiger partial charge on any atom is 0.247 e. The van der Waals surface area contributed by atoms with Crippen LogP contribution in [0.4, 0.5) is 0 Å². The molecule has 1 amide bonds. The zero-order valence-electron chi connectivity index (χ0n) is 9.12. The van der Waals surface area contributed by atoms with Crippen LogP contribution in [0.15, 0.2) is 0 Å². The summed E-state index contributed by atoms with van der Waals surface area (Å²) in [7, 11) is 0. The lowest BCUT2D eigenvalue weighted by molar-refractivity contribution is -0.125. The number of carbonyl (C=O) groups is 1. The average Bonchev–Trinajstić information content (AvgIpc) is 2.14. The van der Waals surface area contributed by atoms with Gasteiger partial charge in [-0.25, -0.2) is 0 Å². The summed E-state index contributed by atoms with van der Waals surface area (Å²) < 4.78 is 0. The number of hydrogen-bond donors (Lipinski definition) is 3. The van der Waals surface area contributed by atoms with Crippen molar-refractivity contribution in [2.75, 3.05) is 6.54 Å². The molecule has 0 radical (unpaired) electrons. The van der Waals surface area contributed by atoms with Crippen molar-refractivity contribution in [3.05, 3.63) is 0 Å². The summed E-state index contributed by atoms with van der Waals surface area (Å²) in [5, 5.41) is 12.3.